The van der Waals surface area contributed by atoms with Crippen LogP contribution in [0, 0.1) is 11.6 Å². The number of aromatic amines is 1. The van der Waals surface area contributed by atoms with Crippen LogP contribution in [0.3, 0.4) is 0 Å². The zero-order valence-electron chi connectivity index (χ0n) is 13.1. The molecule has 0 radical (unpaired) electrons. The quantitative estimate of drug-likeness (QED) is 0.880. The van der Waals surface area contributed by atoms with Crippen molar-refractivity contribution in [3.05, 3.63) is 35.9 Å². The highest BCUT2D eigenvalue weighted by Gasteiger charge is 2.25. The number of anilines is 1. The van der Waals surface area contributed by atoms with Gasteiger partial charge in [-0.2, -0.15) is 5.10 Å². The van der Waals surface area contributed by atoms with Crippen LogP contribution in [-0.4, -0.2) is 48.3 Å². The topological polar surface area (TPSA) is 78.1 Å². The van der Waals surface area contributed by atoms with Gasteiger partial charge in [0.1, 0.15) is 17.5 Å². The van der Waals surface area contributed by atoms with Crippen molar-refractivity contribution in [1.82, 2.24) is 14.5 Å². The fourth-order valence-electron chi connectivity index (χ4n) is 2.82. The Morgan fingerprint density at radius 1 is 1.25 bits per heavy atom. The summed E-state index contributed by atoms with van der Waals surface area (Å²) in [7, 11) is -3.16. The van der Waals surface area contributed by atoms with E-state index in [1.54, 1.807) is 6.07 Å². The minimum Gasteiger partial charge on any atom is -0.366 e. The van der Waals surface area contributed by atoms with E-state index in [2.05, 4.69) is 15.5 Å². The van der Waals surface area contributed by atoms with Crippen molar-refractivity contribution in [3.63, 3.8) is 0 Å². The summed E-state index contributed by atoms with van der Waals surface area (Å²) in [4.78, 5) is 0. The molecule has 9 heteroatoms. The Morgan fingerprint density at radius 3 is 2.46 bits per heavy atom. The molecule has 2 aromatic rings. The molecule has 1 aliphatic heterocycles. The summed E-state index contributed by atoms with van der Waals surface area (Å²) in [6, 6.07) is 5.29. The molecule has 1 aliphatic rings. The standard InChI is InChI=1S/C15H18F2N4O2S/c1-24(22,23)21-7-5-10(6-8-21)18-14-9-13(19-20-14)15-11(16)3-2-4-12(15)17/h2-4,9-10H,5-8H2,1H3,(H2,18,19,20). The Balaban J connectivity index is 1.68. The van der Waals surface area contributed by atoms with E-state index in [0.29, 0.717) is 31.7 Å². The average molecular weight is 356 g/mol. The first kappa shape index (κ1) is 16.8. The van der Waals surface area contributed by atoms with Crippen molar-refractivity contribution >= 4 is 15.8 Å². The lowest BCUT2D eigenvalue weighted by Crippen LogP contribution is -2.41. The molecule has 0 aliphatic carbocycles. The Hall–Kier alpha value is -2.00. The van der Waals surface area contributed by atoms with Crippen molar-refractivity contribution in [1.29, 1.82) is 0 Å². The van der Waals surface area contributed by atoms with Gasteiger partial charge in [-0.3, -0.25) is 5.10 Å². The van der Waals surface area contributed by atoms with Crippen LogP contribution in [0.2, 0.25) is 0 Å². The van der Waals surface area contributed by atoms with Gasteiger partial charge in [0.2, 0.25) is 10.0 Å². The predicted octanol–water partition coefficient (Wildman–Crippen LogP) is 2.19. The summed E-state index contributed by atoms with van der Waals surface area (Å²) in [5.74, 6) is -0.844. The number of H-pyrrole nitrogens is 1. The minimum absolute atomic E-state index is 0.0598. The second kappa shape index (κ2) is 6.48. The fourth-order valence-corrected chi connectivity index (χ4v) is 3.69. The molecule has 3 rings (SSSR count). The molecule has 1 aromatic heterocycles. The van der Waals surface area contributed by atoms with E-state index in [1.807, 2.05) is 0 Å². The molecule has 0 saturated carbocycles. The molecule has 0 bridgehead atoms. The van der Waals surface area contributed by atoms with Crippen molar-refractivity contribution < 1.29 is 17.2 Å². The van der Waals surface area contributed by atoms with Gasteiger partial charge in [0.05, 0.1) is 17.5 Å². The normalized spacial score (nSPS) is 17.1. The lowest BCUT2D eigenvalue weighted by atomic mass is 10.1. The van der Waals surface area contributed by atoms with E-state index in [-0.39, 0.29) is 17.3 Å². The number of nitrogens with zero attached hydrogens (tertiary/aromatic N) is 2. The van der Waals surface area contributed by atoms with Gasteiger partial charge in [-0.05, 0) is 25.0 Å². The van der Waals surface area contributed by atoms with Crippen LogP contribution in [0.4, 0.5) is 14.6 Å². The summed E-state index contributed by atoms with van der Waals surface area (Å²) in [5.41, 5.74) is 0.103. The third-order valence-electron chi connectivity index (χ3n) is 4.08. The Labute approximate surface area is 138 Å². The molecule has 130 valence electrons. The van der Waals surface area contributed by atoms with Crippen LogP contribution in [0.5, 0.6) is 0 Å². The van der Waals surface area contributed by atoms with Crippen LogP contribution in [-0.2, 0) is 10.0 Å². The third-order valence-corrected chi connectivity index (χ3v) is 5.39. The maximum absolute atomic E-state index is 13.8. The molecule has 24 heavy (non-hydrogen) atoms. The van der Waals surface area contributed by atoms with E-state index < -0.39 is 21.7 Å². The van der Waals surface area contributed by atoms with Gasteiger partial charge in [-0.1, -0.05) is 6.07 Å². The van der Waals surface area contributed by atoms with E-state index >= 15 is 0 Å². The van der Waals surface area contributed by atoms with Crippen LogP contribution in [0.1, 0.15) is 12.8 Å². The fraction of sp³-hybridized carbons (Fsp3) is 0.400. The van der Waals surface area contributed by atoms with Gasteiger partial charge in [0.25, 0.3) is 0 Å². The van der Waals surface area contributed by atoms with Crippen LogP contribution in [0.25, 0.3) is 11.3 Å². The van der Waals surface area contributed by atoms with Gasteiger partial charge < -0.3 is 5.32 Å². The van der Waals surface area contributed by atoms with Crippen LogP contribution in [0.15, 0.2) is 24.3 Å². The Morgan fingerprint density at radius 2 is 1.88 bits per heavy atom. The molecule has 0 amide bonds. The smallest absolute Gasteiger partial charge is 0.211 e. The molecule has 6 nitrogen and oxygen atoms in total. The highest BCUT2D eigenvalue weighted by molar-refractivity contribution is 7.88. The molecule has 0 spiro atoms. The van der Waals surface area contributed by atoms with Crippen molar-refractivity contribution in [3.8, 4) is 11.3 Å². The summed E-state index contributed by atoms with van der Waals surface area (Å²) < 4.78 is 52.0. The average Bonchev–Trinajstić information content (AvgIpc) is 2.95. The monoisotopic (exact) mass is 356 g/mol. The minimum atomic E-state index is -3.16. The number of halogens is 2. The van der Waals surface area contributed by atoms with Crippen molar-refractivity contribution in [2.45, 2.75) is 18.9 Å². The molecular formula is C15H18F2N4O2S. The Kier molecular flexibility index (Phi) is 4.55. The first-order valence-corrected chi connectivity index (χ1v) is 9.41. The molecule has 1 aromatic carbocycles. The number of sulfonamides is 1. The number of aromatic nitrogens is 2. The van der Waals surface area contributed by atoms with Gasteiger partial charge in [0, 0.05) is 25.2 Å². The molecule has 0 atom stereocenters. The van der Waals surface area contributed by atoms with Gasteiger partial charge in [0.15, 0.2) is 0 Å². The largest absolute Gasteiger partial charge is 0.366 e. The summed E-state index contributed by atoms with van der Waals surface area (Å²) in [6.07, 6.45) is 2.48. The van der Waals surface area contributed by atoms with E-state index in [9.17, 15) is 17.2 Å². The first-order valence-electron chi connectivity index (χ1n) is 7.56. The molecule has 2 N–H and O–H groups in total. The maximum Gasteiger partial charge on any atom is 0.211 e. The predicted molar refractivity (Wildman–Crippen MR) is 87.0 cm³/mol. The number of rotatable bonds is 4. The number of hydrogen-bond acceptors (Lipinski definition) is 4. The number of benzene rings is 1. The molecular weight excluding hydrogens is 338 g/mol. The zero-order valence-corrected chi connectivity index (χ0v) is 13.9. The highest BCUT2D eigenvalue weighted by Crippen LogP contribution is 2.26. The van der Waals surface area contributed by atoms with E-state index in [4.69, 9.17) is 0 Å². The number of nitrogens with one attached hydrogen (secondary N) is 2. The van der Waals surface area contributed by atoms with Gasteiger partial charge >= 0.3 is 0 Å². The lowest BCUT2D eigenvalue weighted by molar-refractivity contribution is 0.331. The summed E-state index contributed by atoms with van der Waals surface area (Å²) >= 11 is 0. The Bertz CT molecular complexity index is 809. The summed E-state index contributed by atoms with van der Waals surface area (Å²) in [6.45, 7) is 0.880. The van der Waals surface area contributed by atoms with Crippen molar-refractivity contribution in [2.24, 2.45) is 0 Å². The summed E-state index contributed by atoms with van der Waals surface area (Å²) in [5, 5.41) is 9.84. The van der Waals surface area contributed by atoms with Gasteiger partial charge in [-0.25, -0.2) is 21.5 Å². The first-order chi connectivity index (χ1) is 11.3. The van der Waals surface area contributed by atoms with Crippen LogP contribution < -0.4 is 5.32 Å². The van der Waals surface area contributed by atoms with Crippen molar-refractivity contribution in [2.75, 3.05) is 24.7 Å². The van der Waals surface area contributed by atoms with E-state index in [1.165, 1.54) is 28.8 Å². The van der Waals surface area contributed by atoms with E-state index in [0.717, 1.165) is 0 Å². The second-order valence-corrected chi connectivity index (χ2v) is 7.83. The van der Waals surface area contributed by atoms with Crippen LogP contribution >= 0.6 is 0 Å². The zero-order chi connectivity index (χ0) is 17.3. The SMILES string of the molecule is CS(=O)(=O)N1CCC(Nc2cc(-c3c(F)cccc3F)[nH]n2)CC1. The molecule has 1 saturated heterocycles. The maximum atomic E-state index is 13.8. The molecule has 0 unspecified atom stereocenters. The van der Waals surface area contributed by atoms with Gasteiger partial charge in [-0.15, -0.1) is 0 Å². The molecule has 1 fully saturated rings. The number of piperidine rings is 1. The second-order valence-electron chi connectivity index (χ2n) is 5.84. The molecule has 2 heterocycles. The third kappa shape index (κ3) is 3.57. The number of hydrogen-bond donors (Lipinski definition) is 2. The highest BCUT2D eigenvalue weighted by atomic mass is 32.2. The lowest BCUT2D eigenvalue weighted by Gasteiger charge is -2.30.